The fourth-order valence-corrected chi connectivity index (χ4v) is 4.02. The minimum atomic E-state index is -0.545. The first-order valence-electron chi connectivity index (χ1n) is 8.63. The van der Waals surface area contributed by atoms with Crippen LogP contribution in [0.3, 0.4) is 0 Å². The van der Waals surface area contributed by atoms with Crippen molar-refractivity contribution in [1.29, 1.82) is 0 Å². The zero-order valence-electron chi connectivity index (χ0n) is 16.7. The van der Waals surface area contributed by atoms with E-state index in [-0.39, 0.29) is 23.7 Å². The Morgan fingerprint density at radius 3 is 2.22 bits per heavy atom. The van der Waals surface area contributed by atoms with Crippen molar-refractivity contribution in [1.82, 2.24) is 4.90 Å². The summed E-state index contributed by atoms with van der Waals surface area (Å²) < 4.78 is 21.5. The summed E-state index contributed by atoms with van der Waals surface area (Å²) in [6.45, 7) is 5.75. The topological polar surface area (TPSA) is 74.3 Å². The number of amides is 1. The largest absolute Gasteiger partial charge is 0.493 e. The molecular weight excluding hydrogens is 370 g/mol. The van der Waals surface area contributed by atoms with Crippen LogP contribution >= 0.6 is 11.8 Å². The predicted molar refractivity (Wildman–Crippen MR) is 103 cm³/mol. The molecule has 0 bridgehead atoms. The summed E-state index contributed by atoms with van der Waals surface area (Å²) >= 11 is 1.50. The summed E-state index contributed by atoms with van der Waals surface area (Å²) in [6, 6.07) is 3.66. The highest BCUT2D eigenvalue weighted by Gasteiger charge is 2.34. The molecule has 1 unspecified atom stereocenters. The molecule has 1 saturated heterocycles. The van der Waals surface area contributed by atoms with E-state index >= 15 is 0 Å². The first-order valence-corrected chi connectivity index (χ1v) is 9.68. The zero-order chi connectivity index (χ0) is 20.2. The molecule has 1 amide bonds. The molecule has 1 aromatic rings. The number of hydrogen-bond acceptors (Lipinski definition) is 7. The highest BCUT2D eigenvalue weighted by Crippen LogP contribution is 2.45. The van der Waals surface area contributed by atoms with Gasteiger partial charge in [0, 0.05) is 6.54 Å². The average Bonchev–Trinajstić information content (AvgIpc) is 2.97. The number of benzene rings is 1. The molecule has 1 aliphatic heterocycles. The van der Waals surface area contributed by atoms with Gasteiger partial charge in [-0.05, 0) is 38.5 Å². The van der Waals surface area contributed by atoms with E-state index in [1.807, 2.05) is 32.9 Å². The maximum absolute atomic E-state index is 12.4. The van der Waals surface area contributed by atoms with Crippen molar-refractivity contribution in [2.75, 3.05) is 33.6 Å². The van der Waals surface area contributed by atoms with Gasteiger partial charge in [-0.3, -0.25) is 9.59 Å². The molecule has 1 aliphatic rings. The second-order valence-corrected chi connectivity index (χ2v) is 8.11. The van der Waals surface area contributed by atoms with E-state index in [1.165, 1.54) is 11.8 Å². The SMILES string of the molecule is COc1cc(C2SCC(=O)N2CCC(=O)OC(C)(C)C)cc(OC)c1OC. The molecule has 0 radical (unpaired) electrons. The molecule has 0 N–H and O–H groups in total. The highest BCUT2D eigenvalue weighted by atomic mass is 32.2. The molecule has 1 aromatic carbocycles. The molecule has 27 heavy (non-hydrogen) atoms. The second-order valence-electron chi connectivity index (χ2n) is 7.05. The van der Waals surface area contributed by atoms with Gasteiger partial charge in [-0.25, -0.2) is 0 Å². The maximum Gasteiger partial charge on any atom is 0.308 e. The molecule has 0 saturated carbocycles. The predicted octanol–water partition coefficient (Wildman–Crippen LogP) is 3.02. The Balaban J connectivity index is 2.21. The van der Waals surface area contributed by atoms with Gasteiger partial charge in [-0.1, -0.05) is 0 Å². The van der Waals surface area contributed by atoms with Crippen molar-refractivity contribution < 1.29 is 28.5 Å². The van der Waals surface area contributed by atoms with Crippen molar-refractivity contribution in [2.45, 2.75) is 38.2 Å². The highest BCUT2D eigenvalue weighted by molar-refractivity contribution is 8.00. The lowest BCUT2D eigenvalue weighted by atomic mass is 10.1. The molecule has 1 fully saturated rings. The van der Waals surface area contributed by atoms with Crippen LogP contribution in [0.5, 0.6) is 17.2 Å². The summed E-state index contributed by atoms with van der Waals surface area (Å²) in [5, 5.41) is -0.228. The number of ether oxygens (including phenoxy) is 4. The number of esters is 1. The van der Waals surface area contributed by atoms with E-state index in [9.17, 15) is 9.59 Å². The second kappa shape index (κ2) is 8.73. The van der Waals surface area contributed by atoms with Gasteiger partial charge in [0.15, 0.2) is 11.5 Å². The molecule has 7 nitrogen and oxygen atoms in total. The lowest BCUT2D eigenvalue weighted by molar-refractivity contribution is -0.155. The third-order valence-corrected chi connectivity index (χ3v) is 5.17. The number of rotatable bonds is 7. The Morgan fingerprint density at radius 1 is 1.15 bits per heavy atom. The summed E-state index contributed by atoms with van der Waals surface area (Å²) in [6.07, 6.45) is 0.143. The fraction of sp³-hybridized carbons (Fsp3) is 0.579. The maximum atomic E-state index is 12.4. The van der Waals surface area contributed by atoms with Crippen LogP contribution in [0.1, 0.15) is 38.1 Å². The van der Waals surface area contributed by atoms with Crippen molar-refractivity contribution in [3.05, 3.63) is 17.7 Å². The third kappa shape index (κ3) is 5.22. The van der Waals surface area contributed by atoms with E-state index in [0.29, 0.717) is 29.5 Å². The first kappa shape index (κ1) is 21.2. The van der Waals surface area contributed by atoms with Crippen molar-refractivity contribution in [3.63, 3.8) is 0 Å². The number of hydrogen-bond donors (Lipinski definition) is 0. The van der Waals surface area contributed by atoms with Crippen LogP contribution in [0.15, 0.2) is 12.1 Å². The Bertz CT molecular complexity index is 675. The van der Waals surface area contributed by atoms with Gasteiger partial charge in [0.1, 0.15) is 11.0 Å². The number of carbonyl (C=O) groups is 2. The molecule has 1 heterocycles. The van der Waals surface area contributed by atoms with Gasteiger partial charge in [-0.15, -0.1) is 11.8 Å². The lowest BCUT2D eigenvalue weighted by Crippen LogP contribution is -2.32. The summed E-state index contributed by atoms with van der Waals surface area (Å²) in [4.78, 5) is 26.1. The van der Waals surface area contributed by atoms with Crippen LogP contribution in [0, 0.1) is 0 Å². The fourth-order valence-electron chi connectivity index (χ4n) is 2.82. The van der Waals surface area contributed by atoms with E-state index in [1.54, 1.807) is 26.2 Å². The standard InChI is InChI=1S/C19H27NO6S/c1-19(2,3)26-16(22)7-8-20-15(21)11-27-18(20)12-9-13(23-4)17(25-6)14(10-12)24-5/h9-10,18H,7-8,11H2,1-6H3. The minimum Gasteiger partial charge on any atom is -0.493 e. The molecule has 0 spiro atoms. The minimum absolute atomic E-state index is 0.0117. The van der Waals surface area contributed by atoms with Gasteiger partial charge in [0.2, 0.25) is 11.7 Å². The molecule has 0 aliphatic carbocycles. The average molecular weight is 397 g/mol. The number of carbonyl (C=O) groups excluding carboxylic acids is 2. The van der Waals surface area contributed by atoms with Crippen LogP contribution in [0.4, 0.5) is 0 Å². The molecule has 2 rings (SSSR count). The molecule has 8 heteroatoms. The Hall–Kier alpha value is -2.09. The van der Waals surface area contributed by atoms with Crippen LogP contribution in [0.2, 0.25) is 0 Å². The summed E-state index contributed by atoms with van der Waals surface area (Å²) in [5.74, 6) is 1.57. The van der Waals surface area contributed by atoms with E-state index in [2.05, 4.69) is 0 Å². The Morgan fingerprint density at radius 2 is 1.74 bits per heavy atom. The number of thioether (sulfide) groups is 1. The Labute approximate surface area is 164 Å². The van der Waals surface area contributed by atoms with E-state index in [0.717, 1.165) is 5.56 Å². The quantitative estimate of drug-likeness (QED) is 0.655. The van der Waals surface area contributed by atoms with Gasteiger partial charge >= 0.3 is 5.97 Å². The third-order valence-electron chi connectivity index (χ3n) is 3.92. The van der Waals surface area contributed by atoms with Crippen molar-refractivity contribution in [2.24, 2.45) is 0 Å². The monoisotopic (exact) mass is 397 g/mol. The van der Waals surface area contributed by atoms with Gasteiger partial charge < -0.3 is 23.8 Å². The van der Waals surface area contributed by atoms with Gasteiger partial charge in [0.25, 0.3) is 0 Å². The summed E-state index contributed by atoms with van der Waals surface area (Å²) in [7, 11) is 4.64. The molecule has 150 valence electrons. The normalized spacial score (nSPS) is 17.0. The summed E-state index contributed by atoms with van der Waals surface area (Å²) in [5.41, 5.74) is 0.307. The molecule has 1 atom stereocenters. The smallest absolute Gasteiger partial charge is 0.308 e. The molecular formula is C19H27NO6S. The first-order chi connectivity index (χ1) is 12.7. The van der Waals surface area contributed by atoms with Crippen LogP contribution in [0.25, 0.3) is 0 Å². The van der Waals surface area contributed by atoms with Crippen LogP contribution in [-0.4, -0.2) is 56.0 Å². The zero-order valence-corrected chi connectivity index (χ0v) is 17.5. The Kier molecular flexibility index (Phi) is 6.86. The van der Waals surface area contributed by atoms with E-state index < -0.39 is 5.60 Å². The van der Waals surface area contributed by atoms with Gasteiger partial charge in [-0.2, -0.15) is 0 Å². The number of nitrogens with zero attached hydrogens (tertiary/aromatic N) is 1. The number of methoxy groups -OCH3 is 3. The van der Waals surface area contributed by atoms with Gasteiger partial charge in [0.05, 0.1) is 33.5 Å². The van der Waals surface area contributed by atoms with Crippen LogP contribution in [-0.2, 0) is 14.3 Å². The van der Waals surface area contributed by atoms with Crippen LogP contribution < -0.4 is 14.2 Å². The van der Waals surface area contributed by atoms with Crippen molar-refractivity contribution in [3.8, 4) is 17.2 Å². The van der Waals surface area contributed by atoms with Crippen molar-refractivity contribution >= 4 is 23.6 Å². The van der Waals surface area contributed by atoms with E-state index in [4.69, 9.17) is 18.9 Å². The lowest BCUT2D eigenvalue weighted by Gasteiger charge is -2.26. The molecule has 0 aromatic heterocycles.